The fourth-order valence-electron chi connectivity index (χ4n) is 3.41. The lowest BCUT2D eigenvalue weighted by Gasteiger charge is -2.41. The first-order chi connectivity index (χ1) is 8.74. The summed E-state index contributed by atoms with van der Waals surface area (Å²) in [7, 11) is 0. The van der Waals surface area contributed by atoms with E-state index in [1.807, 2.05) is 11.8 Å². The maximum absolute atomic E-state index is 12.3. The molecular formula is C14H20N2O2. The first kappa shape index (κ1) is 11.8. The highest BCUT2D eigenvalue weighted by molar-refractivity contribution is 5.92. The summed E-state index contributed by atoms with van der Waals surface area (Å²) < 4.78 is 4.99. The van der Waals surface area contributed by atoms with Crippen LogP contribution in [0.15, 0.2) is 10.6 Å². The van der Waals surface area contributed by atoms with E-state index in [-0.39, 0.29) is 5.91 Å². The molecule has 2 fully saturated rings. The third kappa shape index (κ3) is 2.16. The monoisotopic (exact) mass is 248 g/mol. The number of aromatic nitrogens is 1. The van der Waals surface area contributed by atoms with Crippen molar-refractivity contribution in [3.05, 3.63) is 17.5 Å². The highest BCUT2D eigenvalue weighted by atomic mass is 16.5. The first-order valence-electron chi connectivity index (χ1n) is 6.96. The van der Waals surface area contributed by atoms with Gasteiger partial charge in [0.15, 0.2) is 5.69 Å². The molecule has 3 rings (SSSR count). The molecule has 1 aromatic heterocycles. The van der Waals surface area contributed by atoms with Gasteiger partial charge < -0.3 is 9.42 Å². The van der Waals surface area contributed by atoms with Crippen LogP contribution in [0.1, 0.15) is 48.4 Å². The van der Waals surface area contributed by atoms with E-state index in [1.54, 1.807) is 6.07 Å². The molecule has 4 nitrogen and oxygen atoms in total. The number of hydrogen-bond donors (Lipinski definition) is 0. The van der Waals surface area contributed by atoms with E-state index in [9.17, 15) is 4.79 Å². The van der Waals surface area contributed by atoms with Crippen molar-refractivity contribution in [2.75, 3.05) is 13.1 Å². The van der Waals surface area contributed by atoms with Crippen LogP contribution >= 0.6 is 0 Å². The van der Waals surface area contributed by atoms with E-state index in [0.29, 0.717) is 17.4 Å². The third-order valence-electron chi connectivity index (χ3n) is 4.43. The molecule has 1 amide bonds. The Morgan fingerprint density at radius 1 is 1.33 bits per heavy atom. The van der Waals surface area contributed by atoms with Gasteiger partial charge in [0.1, 0.15) is 5.76 Å². The molecular weight excluding hydrogens is 228 g/mol. The number of carbonyl (C=O) groups excluding carboxylic acids is 1. The quantitative estimate of drug-likeness (QED) is 0.767. The van der Waals surface area contributed by atoms with E-state index in [2.05, 4.69) is 5.16 Å². The number of likely N-dealkylation sites (tertiary alicyclic amines) is 1. The highest BCUT2D eigenvalue weighted by Crippen LogP contribution is 2.36. The summed E-state index contributed by atoms with van der Waals surface area (Å²) in [6.07, 6.45) is 6.50. The van der Waals surface area contributed by atoms with E-state index >= 15 is 0 Å². The second kappa shape index (κ2) is 4.75. The van der Waals surface area contributed by atoms with Gasteiger partial charge in [0.2, 0.25) is 0 Å². The fraction of sp³-hybridized carbons (Fsp3) is 0.714. The first-order valence-corrected chi connectivity index (χ1v) is 6.96. The van der Waals surface area contributed by atoms with Crippen LogP contribution in [0.5, 0.6) is 0 Å². The number of piperidine rings is 1. The molecule has 18 heavy (non-hydrogen) atoms. The molecule has 0 bridgehead atoms. The Morgan fingerprint density at radius 2 is 2.11 bits per heavy atom. The van der Waals surface area contributed by atoms with Gasteiger partial charge in [0, 0.05) is 19.2 Å². The number of carbonyl (C=O) groups is 1. The summed E-state index contributed by atoms with van der Waals surface area (Å²) in [5.74, 6) is 2.30. The summed E-state index contributed by atoms with van der Waals surface area (Å²) in [5.41, 5.74) is 0.460. The Balaban J connectivity index is 1.68. The van der Waals surface area contributed by atoms with Crippen molar-refractivity contribution >= 4 is 5.91 Å². The predicted molar refractivity (Wildman–Crippen MR) is 67.2 cm³/mol. The molecule has 0 spiro atoms. The van der Waals surface area contributed by atoms with Crippen molar-refractivity contribution in [2.24, 2.45) is 11.8 Å². The highest BCUT2D eigenvalue weighted by Gasteiger charge is 2.33. The molecule has 2 atom stereocenters. The standard InChI is InChI=1S/C14H20N2O2/c1-10-8-13(15-18-10)14(17)16-7-6-11-4-2-3-5-12(11)9-16/h8,11-12H,2-7,9H2,1H3/t11-,12-/m0/s1. The molecule has 0 radical (unpaired) electrons. The van der Waals surface area contributed by atoms with Crippen molar-refractivity contribution < 1.29 is 9.32 Å². The lowest BCUT2D eigenvalue weighted by Crippen LogP contribution is -2.44. The lowest BCUT2D eigenvalue weighted by molar-refractivity contribution is 0.0511. The summed E-state index contributed by atoms with van der Waals surface area (Å²) in [6.45, 7) is 3.61. The van der Waals surface area contributed by atoms with Crippen LogP contribution in [-0.2, 0) is 0 Å². The number of amides is 1. The van der Waals surface area contributed by atoms with Gasteiger partial charge in [-0.3, -0.25) is 4.79 Å². The van der Waals surface area contributed by atoms with Crippen molar-refractivity contribution in [2.45, 2.75) is 39.0 Å². The molecule has 0 aromatic carbocycles. The second-order valence-corrected chi connectivity index (χ2v) is 5.67. The maximum Gasteiger partial charge on any atom is 0.276 e. The largest absolute Gasteiger partial charge is 0.361 e. The van der Waals surface area contributed by atoms with E-state index in [1.165, 1.54) is 25.7 Å². The predicted octanol–water partition coefficient (Wildman–Crippen LogP) is 2.64. The molecule has 98 valence electrons. The summed E-state index contributed by atoms with van der Waals surface area (Å²) in [6, 6.07) is 1.73. The molecule has 2 aliphatic rings. The molecule has 1 saturated carbocycles. The summed E-state index contributed by atoms with van der Waals surface area (Å²) >= 11 is 0. The molecule has 1 aromatic rings. The number of rotatable bonds is 1. The fourth-order valence-corrected chi connectivity index (χ4v) is 3.41. The topological polar surface area (TPSA) is 46.3 Å². The zero-order chi connectivity index (χ0) is 12.5. The minimum Gasteiger partial charge on any atom is -0.361 e. The van der Waals surface area contributed by atoms with Crippen LogP contribution in [-0.4, -0.2) is 29.1 Å². The zero-order valence-corrected chi connectivity index (χ0v) is 10.9. The summed E-state index contributed by atoms with van der Waals surface area (Å²) in [5, 5.41) is 3.83. The van der Waals surface area contributed by atoms with Crippen molar-refractivity contribution in [1.29, 1.82) is 0 Å². The minimum atomic E-state index is 0.0378. The van der Waals surface area contributed by atoms with Crippen LogP contribution in [0, 0.1) is 18.8 Å². The molecule has 1 saturated heterocycles. The molecule has 1 aliphatic carbocycles. The number of nitrogens with zero attached hydrogens (tertiary/aromatic N) is 2. The Morgan fingerprint density at radius 3 is 2.83 bits per heavy atom. The third-order valence-corrected chi connectivity index (χ3v) is 4.43. The van der Waals surface area contributed by atoms with Crippen LogP contribution in [0.4, 0.5) is 0 Å². The normalized spacial score (nSPS) is 27.9. The Bertz CT molecular complexity index is 441. The van der Waals surface area contributed by atoms with Crippen LogP contribution < -0.4 is 0 Å². The van der Waals surface area contributed by atoms with Gasteiger partial charge in [0.05, 0.1) is 0 Å². The van der Waals surface area contributed by atoms with Crippen molar-refractivity contribution in [1.82, 2.24) is 10.1 Å². The van der Waals surface area contributed by atoms with Gasteiger partial charge in [0.25, 0.3) is 5.91 Å². The van der Waals surface area contributed by atoms with E-state index < -0.39 is 0 Å². The molecule has 4 heteroatoms. The van der Waals surface area contributed by atoms with Crippen molar-refractivity contribution in [3.63, 3.8) is 0 Å². The Kier molecular flexibility index (Phi) is 3.10. The van der Waals surface area contributed by atoms with Crippen molar-refractivity contribution in [3.8, 4) is 0 Å². The average molecular weight is 248 g/mol. The van der Waals surface area contributed by atoms with Gasteiger partial charge >= 0.3 is 0 Å². The molecule has 0 N–H and O–H groups in total. The van der Waals surface area contributed by atoms with Gasteiger partial charge in [-0.25, -0.2) is 0 Å². The number of fused-ring (bicyclic) bond motifs is 1. The zero-order valence-electron chi connectivity index (χ0n) is 10.9. The maximum atomic E-state index is 12.3. The lowest BCUT2D eigenvalue weighted by atomic mass is 9.75. The van der Waals surface area contributed by atoms with Gasteiger partial charge in [-0.1, -0.05) is 24.4 Å². The second-order valence-electron chi connectivity index (χ2n) is 5.67. The summed E-state index contributed by atoms with van der Waals surface area (Å²) in [4.78, 5) is 14.3. The Labute approximate surface area is 107 Å². The van der Waals surface area contributed by atoms with Gasteiger partial charge in [-0.2, -0.15) is 0 Å². The van der Waals surface area contributed by atoms with E-state index in [4.69, 9.17) is 4.52 Å². The van der Waals surface area contributed by atoms with E-state index in [0.717, 1.165) is 25.4 Å². The molecule has 2 heterocycles. The number of hydrogen-bond acceptors (Lipinski definition) is 3. The minimum absolute atomic E-state index is 0.0378. The van der Waals surface area contributed by atoms with Crippen LogP contribution in [0.3, 0.4) is 0 Å². The van der Waals surface area contributed by atoms with Crippen LogP contribution in [0.25, 0.3) is 0 Å². The number of aryl methyl sites for hydroxylation is 1. The SMILES string of the molecule is Cc1cc(C(=O)N2CC[C@@H]3CCCC[C@H]3C2)no1. The Hall–Kier alpha value is -1.32. The average Bonchev–Trinajstić information content (AvgIpc) is 2.84. The van der Waals surface area contributed by atoms with Crippen LogP contribution in [0.2, 0.25) is 0 Å². The molecule has 1 aliphatic heterocycles. The smallest absolute Gasteiger partial charge is 0.276 e. The van der Waals surface area contributed by atoms with Gasteiger partial charge in [-0.05, 0) is 31.6 Å². The molecule has 0 unspecified atom stereocenters. The van der Waals surface area contributed by atoms with Gasteiger partial charge in [-0.15, -0.1) is 0 Å².